The zero-order chi connectivity index (χ0) is 19.6. The monoisotopic (exact) mass is 396 g/mol. The van der Waals surface area contributed by atoms with Crippen molar-refractivity contribution in [3.05, 3.63) is 59.7 Å². The first-order chi connectivity index (χ1) is 12.8. The van der Waals surface area contributed by atoms with Gasteiger partial charge in [0.25, 0.3) is 5.91 Å². The van der Waals surface area contributed by atoms with Crippen molar-refractivity contribution in [2.24, 2.45) is 0 Å². The Hall–Kier alpha value is -2.36. The molecular weight excluding hydrogens is 378 g/mol. The molecular formula is C18H18F2N2O4S. The van der Waals surface area contributed by atoms with Crippen molar-refractivity contribution in [3.8, 4) is 0 Å². The molecule has 1 aliphatic heterocycles. The average Bonchev–Trinajstić information content (AvgIpc) is 2.64. The van der Waals surface area contributed by atoms with Gasteiger partial charge in [0.1, 0.15) is 0 Å². The molecule has 0 radical (unpaired) electrons. The number of amides is 1. The number of halogens is 2. The molecule has 9 heteroatoms. The summed E-state index contributed by atoms with van der Waals surface area (Å²) in [5, 5.41) is 2.51. The number of carbonyl (C=O) groups excluding carboxylic acids is 1. The summed E-state index contributed by atoms with van der Waals surface area (Å²) >= 11 is 0. The van der Waals surface area contributed by atoms with Crippen LogP contribution in [0, 0.1) is 11.6 Å². The number of sulfonamides is 1. The van der Waals surface area contributed by atoms with Crippen molar-refractivity contribution < 1.29 is 26.7 Å². The fraction of sp³-hybridized carbons (Fsp3) is 0.278. The van der Waals surface area contributed by atoms with Crippen LogP contribution in [0.25, 0.3) is 0 Å². The van der Waals surface area contributed by atoms with Gasteiger partial charge in [0, 0.05) is 24.3 Å². The van der Waals surface area contributed by atoms with Gasteiger partial charge in [0.2, 0.25) is 10.0 Å². The van der Waals surface area contributed by atoms with Gasteiger partial charge in [-0.1, -0.05) is 0 Å². The second-order valence-electron chi connectivity index (χ2n) is 6.15. The first kappa shape index (κ1) is 19.4. The van der Waals surface area contributed by atoms with Crippen molar-refractivity contribution >= 4 is 21.6 Å². The van der Waals surface area contributed by atoms with Crippen molar-refractivity contribution in [2.45, 2.75) is 17.9 Å². The fourth-order valence-corrected chi connectivity index (χ4v) is 4.20. The molecule has 0 aromatic heterocycles. The molecule has 1 aliphatic rings. The second-order valence-corrected chi connectivity index (χ2v) is 8.09. The zero-order valence-electron chi connectivity index (χ0n) is 14.5. The van der Waals surface area contributed by atoms with E-state index < -0.39 is 27.6 Å². The zero-order valence-corrected chi connectivity index (χ0v) is 15.3. The molecule has 1 heterocycles. The van der Waals surface area contributed by atoms with Crippen LogP contribution in [-0.4, -0.2) is 44.4 Å². The van der Waals surface area contributed by atoms with Crippen molar-refractivity contribution in [2.75, 3.05) is 25.0 Å². The highest BCUT2D eigenvalue weighted by atomic mass is 32.2. The molecule has 6 nitrogen and oxygen atoms in total. The van der Waals surface area contributed by atoms with Gasteiger partial charge in [-0.25, -0.2) is 17.2 Å². The van der Waals surface area contributed by atoms with Crippen LogP contribution in [0.4, 0.5) is 14.5 Å². The van der Waals surface area contributed by atoms with Crippen LogP contribution in [-0.2, 0) is 14.8 Å². The standard InChI is InChI=1S/C18H18F2N2O4S/c1-12-11-22(8-9-26-12)27(24,25)15-5-3-14(4-6-15)21-18(23)13-2-7-16(19)17(20)10-13/h2-7,10,12H,8-9,11H2,1H3,(H,21,23). The van der Waals surface area contributed by atoms with Crippen LogP contribution in [0.5, 0.6) is 0 Å². The Labute approximate surface area is 155 Å². The Morgan fingerprint density at radius 2 is 1.85 bits per heavy atom. The lowest BCUT2D eigenvalue weighted by atomic mass is 10.2. The molecule has 0 saturated carbocycles. The smallest absolute Gasteiger partial charge is 0.255 e. The number of benzene rings is 2. The Bertz CT molecular complexity index is 948. The van der Waals surface area contributed by atoms with E-state index in [1.807, 2.05) is 0 Å². The lowest BCUT2D eigenvalue weighted by Crippen LogP contribution is -2.44. The summed E-state index contributed by atoms with van der Waals surface area (Å²) in [6.45, 7) is 2.69. The van der Waals surface area contributed by atoms with E-state index in [0.29, 0.717) is 12.3 Å². The largest absolute Gasteiger partial charge is 0.376 e. The highest BCUT2D eigenvalue weighted by Gasteiger charge is 2.29. The Balaban J connectivity index is 1.73. The van der Waals surface area contributed by atoms with E-state index in [1.54, 1.807) is 6.92 Å². The van der Waals surface area contributed by atoms with E-state index in [1.165, 1.54) is 28.6 Å². The molecule has 1 fully saturated rings. The van der Waals surface area contributed by atoms with Crippen LogP contribution in [0.2, 0.25) is 0 Å². The minimum Gasteiger partial charge on any atom is -0.376 e. The summed E-state index contributed by atoms with van der Waals surface area (Å²) < 4.78 is 58.2. The third-order valence-corrected chi connectivity index (χ3v) is 6.01. The molecule has 144 valence electrons. The maximum Gasteiger partial charge on any atom is 0.255 e. The van der Waals surface area contributed by atoms with Crippen molar-refractivity contribution in [1.82, 2.24) is 4.31 Å². The van der Waals surface area contributed by atoms with Crippen LogP contribution >= 0.6 is 0 Å². The van der Waals surface area contributed by atoms with Crippen molar-refractivity contribution in [3.63, 3.8) is 0 Å². The highest BCUT2D eigenvalue weighted by Crippen LogP contribution is 2.21. The van der Waals surface area contributed by atoms with E-state index >= 15 is 0 Å². The van der Waals surface area contributed by atoms with E-state index in [4.69, 9.17) is 4.74 Å². The van der Waals surface area contributed by atoms with E-state index in [0.717, 1.165) is 18.2 Å². The number of nitrogens with one attached hydrogen (secondary N) is 1. The molecule has 0 aliphatic carbocycles. The maximum atomic E-state index is 13.2. The number of nitrogens with zero attached hydrogens (tertiary/aromatic N) is 1. The van der Waals surface area contributed by atoms with Gasteiger partial charge in [-0.15, -0.1) is 0 Å². The number of anilines is 1. The highest BCUT2D eigenvalue weighted by molar-refractivity contribution is 7.89. The topological polar surface area (TPSA) is 75.7 Å². The van der Waals surface area contributed by atoms with Gasteiger partial charge in [-0.2, -0.15) is 4.31 Å². The number of hydrogen-bond acceptors (Lipinski definition) is 4. The molecule has 2 aromatic carbocycles. The molecule has 1 atom stereocenters. The molecule has 1 amide bonds. The molecule has 1 N–H and O–H groups in total. The summed E-state index contributed by atoms with van der Waals surface area (Å²) in [5.74, 6) is -2.80. The van der Waals surface area contributed by atoms with Crippen LogP contribution in [0.1, 0.15) is 17.3 Å². The Kier molecular flexibility index (Phi) is 5.54. The Morgan fingerprint density at radius 3 is 2.48 bits per heavy atom. The molecule has 1 unspecified atom stereocenters. The lowest BCUT2D eigenvalue weighted by molar-refractivity contribution is 0.0102. The predicted molar refractivity (Wildman–Crippen MR) is 94.9 cm³/mol. The number of ether oxygens (including phenoxy) is 1. The molecule has 2 aromatic rings. The van der Waals surface area contributed by atoms with Gasteiger partial charge >= 0.3 is 0 Å². The number of morpholine rings is 1. The van der Waals surface area contributed by atoms with Gasteiger partial charge in [0.15, 0.2) is 11.6 Å². The first-order valence-electron chi connectivity index (χ1n) is 8.25. The molecule has 3 rings (SSSR count). The van der Waals surface area contributed by atoms with E-state index in [9.17, 15) is 22.0 Å². The van der Waals surface area contributed by atoms with Crippen molar-refractivity contribution in [1.29, 1.82) is 0 Å². The fourth-order valence-electron chi connectivity index (χ4n) is 2.70. The number of hydrogen-bond donors (Lipinski definition) is 1. The van der Waals surface area contributed by atoms with Gasteiger partial charge < -0.3 is 10.1 Å². The second kappa shape index (κ2) is 7.71. The van der Waals surface area contributed by atoms with Gasteiger partial charge in [-0.05, 0) is 49.4 Å². The summed E-state index contributed by atoms with van der Waals surface area (Å²) in [6.07, 6.45) is -0.178. The van der Waals surface area contributed by atoms with Gasteiger partial charge in [-0.3, -0.25) is 4.79 Å². The quantitative estimate of drug-likeness (QED) is 0.862. The number of rotatable bonds is 4. The predicted octanol–water partition coefficient (Wildman–Crippen LogP) is 2.63. The lowest BCUT2D eigenvalue weighted by Gasteiger charge is -2.30. The SMILES string of the molecule is CC1CN(S(=O)(=O)c2ccc(NC(=O)c3ccc(F)c(F)c3)cc2)CCO1. The minimum absolute atomic E-state index is 0.0482. The molecule has 1 saturated heterocycles. The summed E-state index contributed by atoms with van der Waals surface area (Å²) in [6, 6.07) is 8.47. The molecule has 0 spiro atoms. The summed E-state index contributed by atoms with van der Waals surface area (Å²) in [5.41, 5.74) is 0.284. The third-order valence-electron chi connectivity index (χ3n) is 4.14. The first-order valence-corrected chi connectivity index (χ1v) is 9.69. The third kappa shape index (κ3) is 4.32. The van der Waals surface area contributed by atoms with Gasteiger partial charge in [0.05, 0.1) is 17.6 Å². The van der Waals surface area contributed by atoms with Crippen LogP contribution in [0.3, 0.4) is 0 Å². The van der Waals surface area contributed by atoms with Crippen LogP contribution < -0.4 is 5.32 Å². The molecule has 27 heavy (non-hydrogen) atoms. The minimum atomic E-state index is -3.65. The number of carbonyl (C=O) groups is 1. The molecule has 0 bridgehead atoms. The maximum absolute atomic E-state index is 13.2. The van der Waals surface area contributed by atoms with E-state index in [-0.39, 0.29) is 29.7 Å². The normalized spacial score (nSPS) is 18.3. The van der Waals surface area contributed by atoms with E-state index in [2.05, 4.69) is 5.32 Å². The summed E-state index contributed by atoms with van der Waals surface area (Å²) in [7, 11) is -3.65. The van der Waals surface area contributed by atoms with Crippen LogP contribution in [0.15, 0.2) is 47.4 Å². The average molecular weight is 396 g/mol. The Morgan fingerprint density at radius 1 is 1.15 bits per heavy atom. The summed E-state index contributed by atoms with van der Waals surface area (Å²) in [4.78, 5) is 12.2.